The van der Waals surface area contributed by atoms with Gasteiger partial charge in [0, 0.05) is 17.8 Å². The first-order valence-electron chi connectivity index (χ1n) is 5.56. The molecule has 0 unspecified atom stereocenters. The molecule has 3 nitrogen and oxygen atoms in total. The van der Waals surface area contributed by atoms with Crippen molar-refractivity contribution in [3.63, 3.8) is 0 Å². The molecule has 0 N–H and O–H groups in total. The molecule has 0 bridgehead atoms. The normalized spacial score (nSPS) is 10.4. The van der Waals surface area contributed by atoms with E-state index in [-0.39, 0.29) is 0 Å². The van der Waals surface area contributed by atoms with Crippen molar-refractivity contribution < 1.29 is 3.79 Å². The maximum atomic E-state index is 5.26. The third-order valence-electron chi connectivity index (χ3n) is 2.80. The molecule has 2 aromatic heterocycles. The van der Waals surface area contributed by atoms with Crippen molar-refractivity contribution >= 4 is 27.4 Å². The second-order valence-corrected chi connectivity index (χ2v) is 4.08. The zero-order chi connectivity index (χ0) is 12.4. The smallest absolute Gasteiger partial charge is 0.482 e. The Morgan fingerprint density at radius 2 is 1.67 bits per heavy atom. The lowest BCUT2D eigenvalue weighted by Gasteiger charge is -2.10. The highest BCUT2D eigenvalue weighted by atomic mass is 27.1. The average molecular weight is 248 g/mol. The van der Waals surface area contributed by atoms with Crippen molar-refractivity contribution in [1.82, 2.24) is 9.97 Å². The molecule has 0 saturated heterocycles. The molecule has 0 saturated carbocycles. The number of aromatic nitrogens is 2. The lowest BCUT2D eigenvalue weighted by Crippen LogP contribution is -1.94. The van der Waals surface area contributed by atoms with Crippen LogP contribution >= 0.6 is 0 Å². The summed E-state index contributed by atoms with van der Waals surface area (Å²) < 4.78 is 5.26. The Balaban J connectivity index is 2.32. The largest absolute Gasteiger partial charge is 0.652 e. The predicted octanol–water partition coefficient (Wildman–Crippen LogP) is 2.76. The number of hydrogen-bond acceptors (Lipinski definition) is 3. The summed E-state index contributed by atoms with van der Waals surface area (Å²) in [6, 6.07) is 13.8. The van der Waals surface area contributed by atoms with Gasteiger partial charge in [-0.25, -0.2) is 0 Å². The Hall–Kier alpha value is -1.89. The van der Waals surface area contributed by atoms with Gasteiger partial charge in [-0.2, -0.15) is 0 Å². The van der Waals surface area contributed by atoms with Crippen LogP contribution in [0.3, 0.4) is 0 Å². The van der Waals surface area contributed by atoms with Crippen LogP contribution in [0.2, 0.25) is 0 Å². The standard InChI is InChI=1S/C14H10N2O.Al/c17-12-6-3-8-15-14(12)13-11-5-2-1-4-10(11)7-9-16-13;/h1-9,17H;/q;+1/p-1. The molecule has 2 radical (unpaired) electrons. The highest BCUT2D eigenvalue weighted by Crippen LogP contribution is 2.30. The van der Waals surface area contributed by atoms with E-state index < -0.39 is 0 Å². The molecule has 3 rings (SSSR count). The number of fused-ring (bicyclic) bond motifs is 1. The molecule has 1 aromatic carbocycles. The Morgan fingerprint density at radius 3 is 2.56 bits per heavy atom. The number of hydrogen-bond donors (Lipinski definition) is 0. The third kappa shape index (κ3) is 1.86. The molecule has 0 amide bonds. The summed E-state index contributed by atoms with van der Waals surface area (Å²) in [5.74, 6) is 0.700. The second-order valence-electron chi connectivity index (χ2n) is 3.85. The lowest BCUT2D eigenvalue weighted by atomic mass is 10.1. The molecule has 2 heterocycles. The van der Waals surface area contributed by atoms with Gasteiger partial charge < -0.3 is 3.79 Å². The monoisotopic (exact) mass is 248 g/mol. The Morgan fingerprint density at radius 1 is 0.833 bits per heavy atom. The van der Waals surface area contributed by atoms with Gasteiger partial charge in [0.25, 0.3) is 0 Å². The maximum Gasteiger partial charge on any atom is 0.482 e. The van der Waals surface area contributed by atoms with E-state index in [1.165, 1.54) is 0 Å². The molecule has 84 valence electrons. The minimum absolute atomic E-state index is 0.700. The fourth-order valence-electron chi connectivity index (χ4n) is 1.97. The first kappa shape index (κ1) is 11.2. The van der Waals surface area contributed by atoms with Gasteiger partial charge in [-0.15, -0.1) is 0 Å². The fourth-order valence-corrected chi connectivity index (χ4v) is 2.16. The first-order valence-corrected chi connectivity index (χ1v) is 6.03. The van der Waals surface area contributed by atoms with Crippen LogP contribution in [0.4, 0.5) is 0 Å². The van der Waals surface area contributed by atoms with Crippen LogP contribution in [0, 0.1) is 0 Å². The van der Waals surface area contributed by atoms with Gasteiger partial charge in [0.15, 0.2) is 0 Å². The molecule has 0 fully saturated rings. The van der Waals surface area contributed by atoms with Gasteiger partial charge in [-0.3, -0.25) is 9.97 Å². The van der Waals surface area contributed by atoms with Gasteiger partial charge >= 0.3 is 16.6 Å². The summed E-state index contributed by atoms with van der Waals surface area (Å²) in [6.45, 7) is 0. The van der Waals surface area contributed by atoms with E-state index in [0.29, 0.717) is 5.75 Å². The van der Waals surface area contributed by atoms with Crippen LogP contribution < -0.4 is 3.79 Å². The Labute approximate surface area is 113 Å². The summed E-state index contributed by atoms with van der Waals surface area (Å²) in [5.41, 5.74) is 1.59. The van der Waals surface area contributed by atoms with E-state index in [4.69, 9.17) is 3.79 Å². The molecule has 0 spiro atoms. The summed E-state index contributed by atoms with van der Waals surface area (Å²) in [4.78, 5) is 8.80. The first-order chi connectivity index (χ1) is 8.90. The molecule has 3 aromatic rings. The molecule has 0 atom stereocenters. The maximum absolute atomic E-state index is 5.26. The second kappa shape index (κ2) is 4.77. The summed E-state index contributed by atoms with van der Waals surface area (Å²) in [7, 11) is 0. The van der Waals surface area contributed by atoms with Gasteiger partial charge in [-0.1, -0.05) is 24.3 Å². The average Bonchev–Trinajstić information content (AvgIpc) is 2.46. The highest BCUT2D eigenvalue weighted by molar-refractivity contribution is 6.01. The van der Waals surface area contributed by atoms with Crippen molar-refractivity contribution in [2.24, 2.45) is 0 Å². The van der Waals surface area contributed by atoms with Crippen LogP contribution in [-0.4, -0.2) is 26.6 Å². The minimum atomic E-state index is 0.700. The van der Waals surface area contributed by atoms with E-state index in [2.05, 4.69) is 32.7 Å². The van der Waals surface area contributed by atoms with Crippen LogP contribution in [-0.2, 0) is 0 Å². The zero-order valence-electron chi connectivity index (χ0n) is 9.58. The van der Waals surface area contributed by atoms with Crippen LogP contribution in [0.15, 0.2) is 54.9 Å². The molecule has 0 aliphatic carbocycles. The predicted molar refractivity (Wildman–Crippen MR) is 71.4 cm³/mol. The Kier molecular flexibility index (Phi) is 2.97. The molecule has 18 heavy (non-hydrogen) atoms. The summed E-state index contributed by atoms with van der Waals surface area (Å²) >= 11 is 2.25. The van der Waals surface area contributed by atoms with Crippen LogP contribution in [0.1, 0.15) is 0 Å². The molecule has 0 aliphatic rings. The number of pyridine rings is 2. The highest BCUT2D eigenvalue weighted by Gasteiger charge is 2.10. The van der Waals surface area contributed by atoms with Gasteiger partial charge in [0.05, 0.1) is 0 Å². The van der Waals surface area contributed by atoms with Crippen molar-refractivity contribution in [3.05, 3.63) is 54.9 Å². The van der Waals surface area contributed by atoms with Crippen molar-refractivity contribution in [1.29, 1.82) is 0 Å². The number of rotatable bonds is 2. The number of nitrogens with zero attached hydrogens (tertiary/aromatic N) is 2. The quantitative estimate of drug-likeness (QED) is 0.654. The molecule has 4 heteroatoms. The van der Waals surface area contributed by atoms with E-state index >= 15 is 0 Å². The minimum Gasteiger partial charge on any atom is -0.652 e. The lowest BCUT2D eigenvalue weighted by molar-refractivity contribution is 0.615. The summed E-state index contributed by atoms with van der Waals surface area (Å²) in [5, 5.41) is 2.21. The molecular formula is C14H9AlN2O. The van der Waals surface area contributed by atoms with Crippen LogP contribution in [0.5, 0.6) is 5.75 Å². The van der Waals surface area contributed by atoms with E-state index in [9.17, 15) is 0 Å². The van der Waals surface area contributed by atoms with Crippen molar-refractivity contribution in [2.45, 2.75) is 0 Å². The van der Waals surface area contributed by atoms with E-state index in [0.717, 1.165) is 22.2 Å². The van der Waals surface area contributed by atoms with E-state index in [1.807, 2.05) is 36.4 Å². The van der Waals surface area contributed by atoms with Gasteiger partial charge in [0.2, 0.25) is 0 Å². The Bertz CT molecular complexity index is 695. The van der Waals surface area contributed by atoms with Crippen molar-refractivity contribution in [2.75, 3.05) is 0 Å². The SMILES string of the molecule is [Al][O]c1cccnc1-c1nccc2ccccc12. The summed E-state index contributed by atoms with van der Waals surface area (Å²) in [6.07, 6.45) is 3.53. The third-order valence-corrected chi connectivity index (χ3v) is 3.05. The van der Waals surface area contributed by atoms with Crippen molar-refractivity contribution in [3.8, 4) is 17.1 Å². The number of benzene rings is 1. The van der Waals surface area contributed by atoms with E-state index in [1.54, 1.807) is 12.4 Å². The van der Waals surface area contributed by atoms with Crippen LogP contribution in [0.25, 0.3) is 22.2 Å². The molecular weight excluding hydrogens is 239 g/mol. The van der Waals surface area contributed by atoms with Gasteiger partial charge in [-0.05, 0) is 23.6 Å². The topological polar surface area (TPSA) is 35.0 Å². The zero-order valence-corrected chi connectivity index (χ0v) is 10.7. The van der Waals surface area contributed by atoms with Gasteiger partial charge in [0.1, 0.15) is 17.1 Å². The fraction of sp³-hybridized carbons (Fsp3) is 0. The molecule has 0 aliphatic heterocycles.